The lowest BCUT2D eigenvalue weighted by Gasteiger charge is -1.94. The highest BCUT2D eigenvalue weighted by Gasteiger charge is 2.12. The van der Waals surface area contributed by atoms with Crippen LogP contribution in [-0.2, 0) is 4.79 Å². The van der Waals surface area contributed by atoms with Crippen LogP contribution in [0.15, 0.2) is 11.6 Å². The van der Waals surface area contributed by atoms with Gasteiger partial charge < -0.3 is 0 Å². The lowest BCUT2D eigenvalue weighted by molar-refractivity contribution is -0.118. The zero-order chi connectivity index (χ0) is 9.68. The molecule has 0 bridgehead atoms. The summed E-state index contributed by atoms with van der Waals surface area (Å²) in [6.07, 6.45) is 2.85. The molecule has 0 aliphatic rings. The molecule has 0 atom stereocenters. The summed E-state index contributed by atoms with van der Waals surface area (Å²) in [6.45, 7) is 1.92. The van der Waals surface area contributed by atoms with Crippen LogP contribution in [0.1, 0.15) is 36.0 Å². The van der Waals surface area contributed by atoms with Crippen molar-refractivity contribution < 1.29 is 9.59 Å². The molecule has 0 saturated carbocycles. The van der Waals surface area contributed by atoms with Crippen LogP contribution in [0.25, 0.3) is 0 Å². The van der Waals surface area contributed by atoms with Crippen molar-refractivity contribution in [3.05, 3.63) is 16.6 Å². The molecule has 0 radical (unpaired) electrons. The van der Waals surface area contributed by atoms with Gasteiger partial charge in [0.1, 0.15) is 5.78 Å². The summed E-state index contributed by atoms with van der Waals surface area (Å²) in [5.74, 6) is -0.156. The molecule has 70 valence electrons. The molecule has 3 nitrogen and oxygen atoms in total. The van der Waals surface area contributed by atoms with Crippen molar-refractivity contribution in [2.75, 3.05) is 0 Å². The van der Waals surface area contributed by atoms with Gasteiger partial charge in [0.15, 0.2) is 10.8 Å². The maximum absolute atomic E-state index is 11.3. The quantitative estimate of drug-likeness (QED) is 0.536. The third-order valence-corrected chi connectivity index (χ3v) is 2.37. The largest absolute Gasteiger partial charge is 0.299 e. The fraction of sp³-hybridized carbons (Fsp3) is 0.444. The van der Waals surface area contributed by atoms with Crippen LogP contribution < -0.4 is 0 Å². The fourth-order valence-corrected chi connectivity index (χ4v) is 1.56. The van der Waals surface area contributed by atoms with Crippen molar-refractivity contribution in [1.29, 1.82) is 0 Å². The average molecular weight is 197 g/mol. The number of carbonyl (C=O) groups excluding carboxylic acids is 2. The van der Waals surface area contributed by atoms with Gasteiger partial charge in [-0.25, -0.2) is 4.98 Å². The Kier molecular flexibility index (Phi) is 3.76. The van der Waals surface area contributed by atoms with Crippen molar-refractivity contribution in [2.24, 2.45) is 0 Å². The minimum atomic E-state index is -0.159. The van der Waals surface area contributed by atoms with E-state index in [4.69, 9.17) is 0 Å². The number of aromatic nitrogens is 1. The van der Waals surface area contributed by atoms with E-state index >= 15 is 0 Å². The number of Topliss-reactive ketones (excluding diaryl/α,β-unsaturated/α-hetero) is 2. The highest BCUT2D eigenvalue weighted by Crippen LogP contribution is 2.08. The van der Waals surface area contributed by atoms with Gasteiger partial charge in [-0.3, -0.25) is 9.59 Å². The Bertz CT molecular complexity index is 293. The van der Waals surface area contributed by atoms with Crippen molar-refractivity contribution in [3.63, 3.8) is 0 Å². The summed E-state index contributed by atoms with van der Waals surface area (Å²) in [7, 11) is 0. The first-order chi connectivity index (χ1) is 6.24. The zero-order valence-electron chi connectivity index (χ0n) is 7.45. The van der Waals surface area contributed by atoms with E-state index in [9.17, 15) is 9.59 Å². The highest BCUT2D eigenvalue weighted by atomic mass is 32.1. The second-order valence-electron chi connectivity index (χ2n) is 2.73. The molecule has 0 amide bonds. The Morgan fingerprint density at radius 3 is 2.85 bits per heavy atom. The van der Waals surface area contributed by atoms with Gasteiger partial charge >= 0.3 is 0 Å². The maximum Gasteiger partial charge on any atom is 0.198 e. The van der Waals surface area contributed by atoms with Gasteiger partial charge in [0.25, 0.3) is 0 Å². The highest BCUT2D eigenvalue weighted by molar-refractivity contribution is 7.11. The van der Waals surface area contributed by atoms with Crippen molar-refractivity contribution >= 4 is 22.9 Å². The Morgan fingerprint density at radius 2 is 2.31 bits per heavy atom. The number of nitrogens with zero attached hydrogens (tertiary/aromatic N) is 1. The van der Waals surface area contributed by atoms with Crippen LogP contribution in [0.5, 0.6) is 0 Å². The Morgan fingerprint density at radius 1 is 1.54 bits per heavy atom. The molecule has 1 heterocycles. The minimum Gasteiger partial charge on any atom is -0.299 e. The monoisotopic (exact) mass is 197 g/mol. The van der Waals surface area contributed by atoms with E-state index in [1.807, 2.05) is 6.92 Å². The first-order valence-electron chi connectivity index (χ1n) is 4.18. The van der Waals surface area contributed by atoms with E-state index < -0.39 is 0 Å². The average Bonchev–Trinajstić information content (AvgIpc) is 2.55. The first-order valence-corrected chi connectivity index (χ1v) is 5.06. The van der Waals surface area contributed by atoms with Crippen molar-refractivity contribution in [1.82, 2.24) is 4.98 Å². The summed E-state index contributed by atoms with van der Waals surface area (Å²) in [6, 6.07) is 0. The standard InChI is InChI=1S/C9H11NO2S/c1-2-3-7(11)6-8(12)9-10-4-5-13-9/h4-5H,2-3,6H2,1H3. The van der Waals surface area contributed by atoms with E-state index in [0.29, 0.717) is 11.4 Å². The van der Waals surface area contributed by atoms with E-state index in [0.717, 1.165) is 6.42 Å². The van der Waals surface area contributed by atoms with Gasteiger partial charge in [0, 0.05) is 18.0 Å². The number of thiazole rings is 1. The topological polar surface area (TPSA) is 47.0 Å². The van der Waals surface area contributed by atoms with Gasteiger partial charge in [-0.05, 0) is 6.42 Å². The van der Waals surface area contributed by atoms with Gasteiger partial charge in [-0.15, -0.1) is 11.3 Å². The van der Waals surface area contributed by atoms with Crippen molar-refractivity contribution in [3.8, 4) is 0 Å². The molecule has 0 unspecified atom stereocenters. The fourth-order valence-electron chi connectivity index (χ4n) is 0.983. The summed E-state index contributed by atoms with van der Waals surface area (Å²) in [4.78, 5) is 26.3. The van der Waals surface area contributed by atoms with Crippen LogP contribution in [0.2, 0.25) is 0 Å². The lowest BCUT2D eigenvalue weighted by Crippen LogP contribution is -2.07. The molecule has 0 aliphatic carbocycles. The molecule has 0 aromatic carbocycles. The molecule has 0 spiro atoms. The smallest absolute Gasteiger partial charge is 0.198 e. The Labute approximate surface area is 80.8 Å². The van der Waals surface area contributed by atoms with Crippen molar-refractivity contribution in [2.45, 2.75) is 26.2 Å². The summed E-state index contributed by atoms with van der Waals surface area (Å²) >= 11 is 1.28. The molecule has 1 rings (SSSR count). The molecule has 0 N–H and O–H groups in total. The number of carbonyl (C=O) groups is 2. The SMILES string of the molecule is CCCC(=O)CC(=O)c1nccs1. The van der Waals surface area contributed by atoms with Crippen LogP contribution in [0, 0.1) is 0 Å². The molecule has 0 saturated heterocycles. The molecular formula is C9H11NO2S. The predicted octanol–water partition coefficient (Wildman–Crippen LogP) is 2.09. The molecule has 0 fully saturated rings. The number of hydrogen-bond acceptors (Lipinski definition) is 4. The normalized spacial score (nSPS) is 9.92. The predicted molar refractivity (Wildman–Crippen MR) is 51.0 cm³/mol. The molecule has 0 aliphatic heterocycles. The third kappa shape index (κ3) is 3.06. The van der Waals surface area contributed by atoms with Crippen LogP contribution in [0.4, 0.5) is 0 Å². The van der Waals surface area contributed by atoms with E-state index in [1.165, 1.54) is 11.3 Å². The molecular weight excluding hydrogens is 186 g/mol. The second-order valence-corrected chi connectivity index (χ2v) is 3.62. The maximum atomic E-state index is 11.3. The van der Waals surface area contributed by atoms with Gasteiger partial charge in [0.05, 0.1) is 6.42 Å². The van der Waals surface area contributed by atoms with Gasteiger partial charge in [-0.2, -0.15) is 0 Å². The van der Waals surface area contributed by atoms with E-state index in [-0.39, 0.29) is 18.0 Å². The summed E-state index contributed by atoms with van der Waals surface area (Å²) in [5, 5.41) is 2.17. The number of ketones is 2. The second kappa shape index (κ2) is 4.87. The molecule has 1 aromatic heterocycles. The molecule has 1 aromatic rings. The lowest BCUT2D eigenvalue weighted by atomic mass is 10.1. The number of hydrogen-bond donors (Lipinski definition) is 0. The Balaban J connectivity index is 2.47. The Hall–Kier alpha value is -1.03. The first kappa shape index (κ1) is 10.1. The van der Waals surface area contributed by atoms with Crippen LogP contribution >= 0.6 is 11.3 Å². The van der Waals surface area contributed by atoms with Gasteiger partial charge in [-0.1, -0.05) is 6.92 Å². The molecule has 4 heteroatoms. The van der Waals surface area contributed by atoms with E-state index in [2.05, 4.69) is 4.98 Å². The minimum absolute atomic E-state index is 0.00134. The zero-order valence-corrected chi connectivity index (χ0v) is 8.26. The number of rotatable bonds is 5. The van der Waals surface area contributed by atoms with Gasteiger partial charge in [0.2, 0.25) is 0 Å². The summed E-state index contributed by atoms with van der Waals surface area (Å²) < 4.78 is 0. The van der Waals surface area contributed by atoms with Crippen LogP contribution in [0.3, 0.4) is 0 Å². The third-order valence-electron chi connectivity index (χ3n) is 1.56. The molecule has 13 heavy (non-hydrogen) atoms. The van der Waals surface area contributed by atoms with E-state index in [1.54, 1.807) is 11.6 Å². The van der Waals surface area contributed by atoms with Crippen LogP contribution in [-0.4, -0.2) is 16.6 Å². The summed E-state index contributed by atoms with van der Waals surface area (Å²) in [5.41, 5.74) is 0.